The molecule has 41 heavy (non-hydrogen) atoms. The number of hydrogen-bond acceptors (Lipinski definition) is 4. The van der Waals surface area contributed by atoms with E-state index >= 15 is 0 Å². The quantitative estimate of drug-likeness (QED) is 0.314. The number of hydrogen-bond donors (Lipinski definition) is 1. The van der Waals surface area contributed by atoms with Crippen LogP contribution in [0.25, 0.3) is 0 Å². The zero-order chi connectivity index (χ0) is 29.0. The maximum atomic E-state index is 13.3. The van der Waals surface area contributed by atoms with Gasteiger partial charge in [-0.2, -0.15) is 13.2 Å². The molecule has 0 spiro atoms. The number of nitrogens with zero attached hydrogens (tertiary/aromatic N) is 1. The summed E-state index contributed by atoms with van der Waals surface area (Å²) in [4.78, 5) is 15.3. The zero-order valence-corrected chi connectivity index (χ0v) is 23.7. The summed E-state index contributed by atoms with van der Waals surface area (Å²) >= 11 is 0. The summed E-state index contributed by atoms with van der Waals surface area (Å²) in [5.74, 6) is -1.48. The van der Waals surface area contributed by atoms with Crippen molar-refractivity contribution in [2.75, 3.05) is 18.8 Å². The molecule has 0 bridgehead atoms. The molecule has 1 saturated heterocycles. The van der Waals surface area contributed by atoms with Crippen LogP contribution in [0.5, 0.6) is 0 Å². The molecule has 0 aromatic heterocycles. The van der Waals surface area contributed by atoms with E-state index in [-0.39, 0.29) is 18.4 Å². The van der Waals surface area contributed by atoms with Crippen molar-refractivity contribution in [3.8, 4) is 0 Å². The third-order valence-electron chi connectivity index (χ3n) is 8.12. The Kier molecular flexibility index (Phi) is 8.85. The maximum Gasteiger partial charge on any atom is 0.416 e. The Morgan fingerprint density at radius 2 is 1.71 bits per heavy atom. The molecule has 1 heterocycles. The molecular formula is C32H35F3N2O3S. The lowest BCUT2D eigenvalue weighted by Gasteiger charge is -2.26. The lowest BCUT2D eigenvalue weighted by molar-refractivity contribution is -0.137. The maximum absolute atomic E-state index is 13.3. The van der Waals surface area contributed by atoms with Crippen molar-refractivity contribution >= 4 is 15.7 Å². The summed E-state index contributed by atoms with van der Waals surface area (Å²) in [7, 11) is -4.11. The highest BCUT2D eigenvalue weighted by molar-refractivity contribution is 7.91. The molecule has 9 heteroatoms. The van der Waals surface area contributed by atoms with Crippen molar-refractivity contribution in [1.82, 2.24) is 10.2 Å². The summed E-state index contributed by atoms with van der Waals surface area (Å²) in [6.45, 7) is 3.19. The van der Waals surface area contributed by atoms with Crippen LogP contribution in [0.15, 0.2) is 77.7 Å². The molecule has 2 aliphatic rings. The van der Waals surface area contributed by atoms with Gasteiger partial charge in [0.1, 0.15) is 0 Å². The lowest BCUT2D eigenvalue weighted by atomic mass is 9.97. The van der Waals surface area contributed by atoms with Gasteiger partial charge in [0.05, 0.1) is 22.3 Å². The second kappa shape index (κ2) is 12.4. The van der Waals surface area contributed by atoms with Crippen LogP contribution in [0.1, 0.15) is 71.9 Å². The third-order valence-corrected chi connectivity index (χ3v) is 9.93. The van der Waals surface area contributed by atoms with Crippen molar-refractivity contribution in [3.05, 3.63) is 101 Å². The second-order valence-electron chi connectivity index (χ2n) is 11.1. The summed E-state index contributed by atoms with van der Waals surface area (Å²) in [6, 6.07) is 18.9. The third kappa shape index (κ3) is 7.38. The summed E-state index contributed by atoms with van der Waals surface area (Å²) in [5.41, 5.74) is 3.23. The second-order valence-corrected chi connectivity index (χ2v) is 13.2. The van der Waals surface area contributed by atoms with E-state index in [0.717, 1.165) is 50.2 Å². The summed E-state index contributed by atoms with van der Waals surface area (Å²) in [6.07, 6.45) is 0.656. The van der Waals surface area contributed by atoms with Gasteiger partial charge in [0.15, 0.2) is 9.84 Å². The predicted octanol–water partition coefficient (Wildman–Crippen LogP) is 6.44. The first-order chi connectivity index (χ1) is 19.6. The van der Waals surface area contributed by atoms with Gasteiger partial charge in [-0.3, -0.25) is 9.69 Å². The van der Waals surface area contributed by atoms with Gasteiger partial charge in [-0.15, -0.1) is 0 Å². The first-order valence-electron chi connectivity index (χ1n) is 14.2. The van der Waals surface area contributed by atoms with Gasteiger partial charge >= 0.3 is 6.18 Å². The molecule has 0 unspecified atom stereocenters. The average Bonchev–Trinajstić information content (AvgIpc) is 3.35. The van der Waals surface area contributed by atoms with E-state index in [4.69, 9.17) is 0 Å². The molecular weight excluding hydrogens is 549 g/mol. The fourth-order valence-electron chi connectivity index (χ4n) is 6.00. The van der Waals surface area contributed by atoms with Gasteiger partial charge in [-0.05, 0) is 79.2 Å². The van der Waals surface area contributed by atoms with E-state index in [2.05, 4.69) is 28.4 Å². The normalized spacial score (nSPS) is 18.6. The first-order valence-corrected chi connectivity index (χ1v) is 15.8. The molecule has 1 amide bonds. The number of rotatable bonds is 9. The van der Waals surface area contributed by atoms with Crippen molar-refractivity contribution in [2.24, 2.45) is 0 Å². The largest absolute Gasteiger partial charge is 0.416 e. The lowest BCUT2D eigenvalue weighted by Crippen LogP contribution is -2.30. The highest BCUT2D eigenvalue weighted by atomic mass is 32.2. The van der Waals surface area contributed by atoms with E-state index in [1.54, 1.807) is 30.3 Å². The number of carbonyl (C=O) groups is 1. The monoisotopic (exact) mass is 584 g/mol. The van der Waals surface area contributed by atoms with E-state index < -0.39 is 38.1 Å². The van der Waals surface area contributed by atoms with Crippen LogP contribution in [-0.2, 0) is 33.8 Å². The highest BCUT2D eigenvalue weighted by Gasteiger charge is 2.33. The molecule has 2 atom stereocenters. The standard InChI is InChI=1S/C32H35F3N2O3S/c33-32(34,35)27-10-7-11-28(20-27)41(39,40)22-26(24-8-3-1-4-9-24)19-31(38)36-30-15-13-25-18-23(12-14-29(25)30)21-37-16-5-2-6-17-37/h1,3-4,7-12,14,18,20,26,30H,2,5-6,13,15-17,19,21-22H2,(H,36,38)/t26-,30-/m1/s1. The molecule has 1 aliphatic carbocycles. The Morgan fingerprint density at radius 1 is 0.951 bits per heavy atom. The number of benzene rings is 3. The van der Waals surface area contributed by atoms with Gasteiger partial charge in [-0.1, -0.05) is 61.0 Å². The highest BCUT2D eigenvalue weighted by Crippen LogP contribution is 2.34. The molecule has 1 fully saturated rings. The van der Waals surface area contributed by atoms with Crippen molar-refractivity contribution < 1.29 is 26.4 Å². The molecule has 1 N–H and O–H groups in total. The number of amides is 1. The van der Waals surface area contributed by atoms with Crippen molar-refractivity contribution in [2.45, 2.75) is 68.1 Å². The number of piperidine rings is 1. The van der Waals surface area contributed by atoms with Crippen LogP contribution >= 0.6 is 0 Å². The number of fused-ring (bicyclic) bond motifs is 1. The van der Waals surface area contributed by atoms with Gasteiger partial charge in [-0.25, -0.2) is 8.42 Å². The Bertz CT molecular complexity index is 1470. The fraction of sp³-hybridized carbons (Fsp3) is 0.406. The minimum absolute atomic E-state index is 0.0961. The van der Waals surface area contributed by atoms with Crippen LogP contribution < -0.4 is 5.32 Å². The predicted molar refractivity (Wildman–Crippen MR) is 152 cm³/mol. The molecule has 218 valence electrons. The average molecular weight is 585 g/mol. The Balaban J connectivity index is 1.28. The number of sulfone groups is 1. The smallest absolute Gasteiger partial charge is 0.349 e. The van der Waals surface area contributed by atoms with Crippen molar-refractivity contribution in [3.63, 3.8) is 0 Å². The minimum Gasteiger partial charge on any atom is -0.349 e. The van der Waals surface area contributed by atoms with Gasteiger partial charge in [0.2, 0.25) is 5.91 Å². The van der Waals surface area contributed by atoms with Gasteiger partial charge in [0.25, 0.3) is 0 Å². The first kappa shape index (κ1) is 29.3. The number of carbonyl (C=O) groups excluding carboxylic acids is 1. The SMILES string of the molecule is O=C(C[C@H](CS(=O)(=O)c1cccc(C(F)(F)F)c1)c1ccccc1)N[C@@H]1CCc2cc(CN3CCCCC3)ccc21. The Labute approximate surface area is 239 Å². The van der Waals surface area contributed by atoms with E-state index in [1.165, 1.54) is 36.5 Å². The Hall–Kier alpha value is -3.17. The number of aryl methyl sites for hydroxylation is 1. The van der Waals surface area contributed by atoms with Crippen LogP contribution in [-0.4, -0.2) is 38.1 Å². The molecule has 0 radical (unpaired) electrons. The molecule has 5 rings (SSSR count). The molecule has 5 nitrogen and oxygen atoms in total. The van der Waals surface area contributed by atoms with E-state index in [9.17, 15) is 26.4 Å². The fourth-order valence-corrected chi connectivity index (χ4v) is 7.62. The number of likely N-dealkylation sites (tertiary alicyclic amines) is 1. The van der Waals surface area contributed by atoms with E-state index in [0.29, 0.717) is 11.6 Å². The van der Waals surface area contributed by atoms with Crippen LogP contribution in [0.4, 0.5) is 13.2 Å². The van der Waals surface area contributed by atoms with Crippen LogP contribution in [0, 0.1) is 0 Å². The minimum atomic E-state index is -4.66. The Morgan fingerprint density at radius 3 is 2.44 bits per heavy atom. The van der Waals surface area contributed by atoms with Crippen molar-refractivity contribution in [1.29, 1.82) is 0 Å². The summed E-state index contributed by atoms with van der Waals surface area (Å²) < 4.78 is 66.2. The molecule has 0 saturated carbocycles. The number of alkyl halides is 3. The van der Waals surface area contributed by atoms with E-state index in [1.807, 2.05) is 0 Å². The van der Waals surface area contributed by atoms with Crippen LogP contribution in [0.2, 0.25) is 0 Å². The number of nitrogens with one attached hydrogen (secondary N) is 1. The molecule has 3 aromatic carbocycles. The summed E-state index contributed by atoms with van der Waals surface area (Å²) in [5, 5.41) is 3.10. The van der Waals surface area contributed by atoms with Gasteiger partial charge < -0.3 is 5.32 Å². The zero-order valence-electron chi connectivity index (χ0n) is 22.9. The number of halogens is 3. The van der Waals surface area contributed by atoms with Crippen LogP contribution in [0.3, 0.4) is 0 Å². The topological polar surface area (TPSA) is 66.5 Å². The molecule has 3 aromatic rings. The van der Waals surface area contributed by atoms with Gasteiger partial charge in [0, 0.05) is 18.9 Å². The molecule has 1 aliphatic heterocycles.